The van der Waals surface area contributed by atoms with E-state index in [-0.39, 0.29) is 5.91 Å². The van der Waals surface area contributed by atoms with Gasteiger partial charge in [0, 0.05) is 32.7 Å². The molecule has 1 aliphatic heterocycles. The maximum Gasteiger partial charge on any atom is 0.276 e. The Labute approximate surface area is 100 Å². The fraction of sp³-hybridized carbons (Fsp3) is 0.700. The fourth-order valence-corrected chi connectivity index (χ4v) is 1.81. The molecule has 94 valence electrons. The first-order chi connectivity index (χ1) is 8.20. The molecule has 1 aromatic heterocycles. The summed E-state index contributed by atoms with van der Waals surface area (Å²) in [5.41, 5.74) is 5.82. The van der Waals surface area contributed by atoms with Crippen molar-refractivity contribution in [3.05, 3.63) is 11.9 Å². The molecule has 0 bridgehead atoms. The number of hydrogen-bond acceptors (Lipinski definition) is 5. The van der Waals surface area contributed by atoms with Crippen LogP contribution in [0.1, 0.15) is 10.5 Å². The number of aromatic nitrogens is 3. The van der Waals surface area contributed by atoms with Gasteiger partial charge in [-0.15, -0.1) is 5.10 Å². The summed E-state index contributed by atoms with van der Waals surface area (Å²) in [4.78, 5) is 16.1. The molecule has 2 heterocycles. The van der Waals surface area contributed by atoms with Crippen LogP contribution in [0.25, 0.3) is 0 Å². The zero-order valence-electron chi connectivity index (χ0n) is 10.0. The summed E-state index contributed by atoms with van der Waals surface area (Å²) in [6.07, 6.45) is 1.66. The van der Waals surface area contributed by atoms with Crippen molar-refractivity contribution < 1.29 is 4.79 Å². The molecule has 0 atom stereocenters. The zero-order chi connectivity index (χ0) is 12.3. The van der Waals surface area contributed by atoms with Gasteiger partial charge in [-0.05, 0) is 7.05 Å². The van der Waals surface area contributed by atoms with Gasteiger partial charge in [0.05, 0.1) is 12.7 Å². The molecule has 1 amide bonds. The van der Waals surface area contributed by atoms with Gasteiger partial charge in [-0.2, -0.15) is 0 Å². The number of nitrogens with zero attached hydrogens (tertiary/aromatic N) is 5. The molecule has 0 radical (unpaired) electrons. The second-order valence-electron chi connectivity index (χ2n) is 4.25. The van der Waals surface area contributed by atoms with Crippen molar-refractivity contribution in [2.75, 3.05) is 39.8 Å². The standard InChI is InChI=1S/C10H18N6O/c1-14-4-6-15(7-5-14)10(17)9-8-16(3-2-11)13-12-9/h8H,2-7,11H2,1H3. The minimum atomic E-state index is -0.0404. The topological polar surface area (TPSA) is 80.3 Å². The molecule has 1 aliphatic rings. The Morgan fingerprint density at radius 3 is 2.76 bits per heavy atom. The molecular weight excluding hydrogens is 220 g/mol. The second kappa shape index (κ2) is 5.24. The van der Waals surface area contributed by atoms with E-state index in [1.807, 2.05) is 4.90 Å². The molecular formula is C10H18N6O. The van der Waals surface area contributed by atoms with Crippen LogP contribution in [0, 0.1) is 0 Å². The van der Waals surface area contributed by atoms with Crippen LogP contribution in [0.15, 0.2) is 6.20 Å². The van der Waals surface area contributed by atoms with E-state index >= 15 is 0 Å². The van der Waals surface area contributed by atoms with Crippen LogP contribution < -0.4 is 5.73 Å². The molecule has 7 nitrogen and oxygen atoms in total. The number of amides is 1. The van der Waals surface area contributed by atoms with E-state index < -0.39 is 0 Å². The summed E-state index contributed by atoms with van der Waals surface area (Å²) in [7, 11) is 2.05. The van der Waals surface area contributed by atoms with Crippen molar-refractivity contribution in [1.29, 1.82) is 0 Å². The Balaban J connectivity index is 1.98. The van der Waals surface area contributed by atoms with Crippen LogP contribution in [0.3, 0.4) is 0 Å². The predicted molar refractivity (Wildman–Crippen MR) is 62.5 cm³/mol. The van der Waals surface area contributed by atoms with Crippen molar-refractivity contribution in [2.24, 2.45) is 5.73 Å². The average Bonchev–Trinajstić information content (AvgIpc) is 2.78. The van der Waals surface area contributed by atoms with E-state index in [1.54, 1.807) is 10.9 Å². The van der Waals surface area contributed by atoms with E-state index in [9.17, 15) is 4.79 Å². The summed E-state index contributed by atoms with van der Waals surface area (Å²) in [5, 5.41) is 7.75. The van der Waals surface area contributed by atoms with Gasteiger partial charge in [-0.25, -0.2) is 0 Å². The number of piperazine rings is 1. The minimum Gasteiger partial charge on any atom is -0.335 e. The van der Waals surface area contributed by atoms with Gasteiger partial charge in [-0.3, -0.25) is 9.48 Å². The lowest BCUT2D eigenvalue weighted by Crippen LogP contribution is -2.47. The summed E-state index contributed by atoms with van der Waals surface area (Å²) < 4.78 is 1.60. The number of carbonyl (C=O) groups excluding carboxylic acids is 1. The quantitative estimate of drug-likeness (QED) is 0.702. The molecule has 2 rings (SSSR count). The van der Waals surface area contributed by atoms with Crippen LogP contribution in [0.5, 0.6) is 0 Å². The van der Waals surface area contributed by atoms with E-state index in [4.69, 9.17) is 5.73 Å². The van der Waals surface area contributed by atoms with Crippen LogP contribution in [-0.2, 0) is 6.54 Å². The zero-order valence-corrected chi connectivity index (χ0v) is 10.0. The van der Waals surface area contributed by atoms with Crippen LogP contribution >= 0.6 is 0 Å². The van der Waals surface area contributed by atoms with Gasteiger partial charge in [-0.1, -0.05) is 5.21 Å². The Kier molecular flexibility index (Phi) is 3.70. The average molecular weight is 238 g/mol. The van der Waals surface area contributed by atoms with Crippen molar-refractivity contribution in [1.82, 2.24) is 24.8 Å². The smallest absolute Gasteiger partial charge is 0.276 e. The lowest BCUT2D eigenvalue weighted by atomic mass is 10.3. The third-order valence-corrected chi connectivity index (χ3v) is 2.91. The van der Waals surface area contributed by atoms with Crippen molar-refractivity contribution in [2.45, 2.75) is 6.54 Å². The first kappa shape index (κ1) is 12.0. The third-order valence-electron chi connectivity index (χ3n) is 2.91. The highest BCUT2D eigenvalue weighted by atomic mass is 16.2. The molecule has 0 aromatic carbocycles. The number of hydrogen-bond donors (Lipinski definition) is 1. The highest BCUT2D eigenvalue weighted by Gasteiger charge is 2.22. The minimum absolute atomic E-state index is 0.0404. The van der Waals surface area contributed by atoms with E-state index in [0.717, 1.165) is 26.2 Å². The van der Waals surface area contributed by atoms with Crippen LogP contribution in [-0.4, -0.2) is 70.5 Å². The van der Waals surface area contributed by atoms with Crippen molar-refractivity contribution in [3.63, 3.8) is 0 Å². The summed E-state index contributed by atoms with van der Waals surface area (Å²) in [6, 6.07) is 0. The number of carbonyl (C=O) groups is 1. The monoisotopic (exact) mass is 238 g/mol. The van der Waals surface area contributed by atoms with E-state index in [1.165, 1.54) is 0 Å². The molecule has 1 fully saturated rings. The van der Waals surface area contributed by atoms with Gasteiger partial charge in [0.25, 0.3) is 5.91 Å². The van der Waals surface area contributed by atoms with Gasteiger partial charge in [0.1, 0.15) is 0 Å². The molecule has 0 saturated carbocycles. The summed E-state index contributed by atoms with van der Waals surface area (Å²) in [6.45, 7) is 4.39. The molecule has 1 saturated heterocycles. The fourth-order valence-electron chi connectivity index (χ4n) is 1.81. The van der Waals surface area contributed by atoms with Crippen molar-refractivity contribution in [3.8, 4) is 0 Å². The maximum absolute atomic E-state index is 12.1. The molecule has 0 spiro atoms. The van der Waals surface area contributed by atoms with Gasteiger partial charge in [0.2, 0.25) is 0 Å². The van der Waals surface area contributed by atoms with E-state index in [2.05, 4.69) is 22.3 Å². The van der Waals surface area contributed by atoms with Crippen LogP contribution in [0.2, 0.25) is 0 Å². The third kappa shape index (κ3) is 2.80. The van der Waals surface area contributed by atoms with Gasteiger partial charge < -0.3 is 15.5 Å². The molecule has 1 aromatic rings. The van der Waals surface area contributed by atoms with E-state index in [0.29, 0.717) is 18.8 Å². The SMILES string of the molecule is CN1CCN(C(=O)c2cn(CCN)nn2)CC1. The van der Waals surface area contributed by atoms with Gasteiger partial charge in [0.15, 0.2) is 5.69 Å². The highest BCUT2D eigenvalue weighted by molar-refractivity contribution is 5.92. The molecule has 0 unspecified atom stereocenters. The number of rotatable bonds is 3. The first-order valence-electron chi connectivity index (χ1n) is 5.78. The Hall–Kier alpha value is -1.47. The Bertz CT molecular complexity index is 382. The maximum atomic E-state index is 12.1. The normalized spacial score (nSPS) is 17.4. The predicted octanol–water partition coefficient (Wildman–Crippen LogP) is -1.38. The van der Waals surface area contributed by atoms with Crippen LogP contribution in [0.4, 0.5) is 0 Å². The van der Waals surface area contributed by atoms with Gasteiger partial charge >= 0.3 is 0 Å². The lowest BCUT2D eigenvalue weighted by Gasteiger charge is -2.31. The largest absolute Gasteiger partial charge is 0.335 e. The molecule has 0 aliphatic carbocycles. The Morgan fingerprint density at radius 2 is 2.12 bits per heavy atom. The lowest BCUT2D eigenvalue weighted by molar-refractivity contribution is 0.0658. The number of nitrogens with two attached hydrogens (primary N) is 1. The van der Waals surface area contributed by atoms with Crippen molar-refractivity contribution >= 4 is 5.91 Å². The summed E-state index contributed by atoms with van der Waals surface area (Å²) >= 11 is 0. The highest BCUT2D eigenvalue weighted by Crippen LogP contribution is 2.05. The summed E-state index contributed by atoms with van der Waals surface area (Å²) in [5.74, 6) is -0.0404. The first-order valence-corrected chi connectivity index (χ1v) is 5.78. The molecule has 7 heteroatoms. The second-order valence-corrected chi connectivity index (χ2v) is 4.25. The Morgan fingerprint density at radius 1 is 1.41 bits per heavy atom. The molecule has 2 N–H and O–H groups in total. The number of likely N-dealkylation sites (N-methyl/N-ethyl adjacent to an activating group) is 1. The molecule has 17 heavy (non-hydrogen) atoms.